The standard InChI is InChI=1S/C24H25F5N2O3/c25-23(26,27)17-4-6-18(7-5-17)24(28,29)34-21-8-1-15(2-9-21)3-10-22(32)33-14-16-11-19(30)13-20(31)12-16/h1-3,8-13,17-18H,4-7,14,30-31H2/b10-3+. The van der Waals surface area contributed by atoms with Gasteiger partial charge in [0.2, 0.25) is 0 Å². The van der Waals surface area contributed by atoms with Gasteiger partial charge in [-0.25, -0.2) is 4.79 Å². The molecule has 0 amide bonds. The number of ether oxygens (including phenoxy) is 2. The summed E-state index contributed by atoms with van der Waals surface area (Å²) in [5.41, 5.74) is 13.4. The van der Waals surface area contributed by atoms with E-state index in [1.807, 2.05) is 0 Å². The Labute approximate surface area is 193 Å². The highest BCUT2D eigenvalue weighted by molar-refractivity contribution is 5.87. The van der Waals surface area contributed by atoms with Crippen molar-refractivity contribution in [3.8, 4) is 5.75 Å². The molecule has 0 spiro atoms. The molecule has 1 fully saturated rings. The van der Waals surface area contributed by atoms with Crippen molar-refractivity contribution in [2.75, 3.05) is 11.5 Å². The van der Waals surface area contributed by atoms with Crippen molar-refractivity contribution in [1.82, 2.24) is 0 Å². The fourth-order valence-corrected chi connectivity index (χ4v) is 3.84. The van der Waals surface area contributed by atoms with E-state index < -0.39 is 30.1 Å². The average molecular weight is 484 g/mol. The molecule has 1 aliphatic carbocycles. The number of benzene rings is 2. The predicted molar refractivity (Wildman–Crippen MR) is 118 cm³/mol. The first-order valence-corrected chi connectivity index (χ1v) is 10.7. The van der Waals surface area contributed by atoms with Crippen LogP contribution in [0.15, 0.2) is 48.5 Å². The molecule has 5 nitrogen and oxygen atoms in total. The van der Waals surface area contributed by atoms with Gasteiger partial charge in [0, 0.05) is 17.5 Å². The second kappa shape index (κ2) is 10.3. The summed E-state index contributed by atoms with van der Waals surface area (Å²) in [4.78, 5) is 11.9. The number of alkyl halides is 5. The lowest BCUT2D eigenvalue weighted by Gasteiger charge is -2.33. The summed E-state index contributed by atoms with van der Waals surface area (Å²) in [5, 5.41) is 0. The zero-order valence-electron chi connectivity index (χ0n) is 18.2. The van der Waals surface area contributed by atoms with Gasteiger partial charge in [-0.1, -0.05) is 12.1 Å². The van der Waals surface area contributed by atoms with E-state index >= 15 is 0 Å². The minimum atomic E-state index is -4.36. The van der Waals surface area contributed by atoms with Gasteiger partial charge in [0.1, 0.15) is 12.4 Å². The highest BCUT2D eigenvalue weighted by Crippen LogP contribution is 2.44. The van der Waals surface area contributed by atoms with E-state index in [9.17, 15) is 26.7 Å². The van der Waals surface area contributed by atoms with Crippen LogP contribution in [0.3, 0.4) is 0 Å². The van der Waals surface area contributed by atoms with Crippen LogP contribution in [-0.2, 0) is 16.1 Å². The molecule has 0 unspecified atom stereocenters. The Kier molecular flexibility index (Phi) is 7.68. The van der Waals surface area contributed by atoms with Gasteiger partial charge in [-0.3, -0.25) is 0 Å². The van der Waals surface area contributed by atoms with Crippen molar-refractivity contribution in [3.63, 3.8) is 0 Å². The van der Waals surface area contributed by atoms with Crippen molar-refractivity contribution < 1.29 is 36.2 Å². The quantitative estimate of drug-likeness (QED) is 0.220. The first-order valence-electron chi connectivity index (χ1n) is 10.7. The van der Waals surface area contributed by atoms with E-state index in [0.717, 1.165) is 0 Å². The maximum absolute atomic E-state index is 14.5. The molecule has 2 aromatic rings. The molecule has 10 heteroatoms. The van der Waals surface area contributed by atoms with E-state index in [1.54, 1.807) is 18.2 Å². The van der Waals surface area contributed by atoms with Gasteiger partial charge in [-0.05, 0) is 73.2 Å². The summed E-state index contributed by atoms with van der Waals surface area (Å²) in [5.74, 6) is -3.57. The van der Waals surface area contributed by atoms with Gasteiger partial charge in [-0.2, -0.15) is 22.0 Å². The van der Waals surface area contributed by atoms with Crippen LogP contribution in [0.25, 0.3) is 6.08 Å². The zero-order valence-corrected chi connectivity index (χ0v) is 18.2. The number of anilines is 2. The minimum Gasteiger partial charge on any atom is -0.458 e. The van der Waals surface area contributed by atoms with E-state index in [2.05, 4.69) is 0 Å². The van der Waals surface area contributed by atoms with Crippen molar-refractivity contribution in [1.29, 1.82) is 0 Å². The second-order valence-electron chi connectivity index (χ2n) is 8.27. The summed E-state index contributed by atoms with van der Waals surface area (Å²) in [6.07, 6.45) is -6.52. The maximum Gasteiger partial charge on any atom is 0.400 e. The number of halogens is 5. The van der Waals surface area contributed by atoms with Crippen LogP contribution in [0, 0.1) is 11.8 Å². The second-order valence-corrected chi connectivity index (χ2v) is 8.27. The number of carbonyl (C=O) groups is 1. The third-order valence-electron chi connectivity index (χ3n) is 5.63. The molecular weight excluding hydrogens is 459 g/mol. The molecule has 34 heavy (non-hydrogen) atoms. The molecule has 0 bridgehead atoms. The van der Waals surface area contributed by atoms with Crippen LogP contribution in [0.4, 0.5) is 33.3 Å². The number of nitrogen functional groups attached to an aromatic ring is 2. The van der Waals surface area contributed by atoms with Crippen LogP contribution in [0.2, 0.25) is 0 Å². The zero-order chi connectivity index (χ0) is 24.9. The summed E-state index contributed by atoms with van der Waals surface area (Å²) < 4.78 is 77.1. The SMILES string of the molecule is Nc1cc(N)cc(COC(=O)/C=C/c2ccc(OC(F)(F)C3CCC(C(F)(F)F)CC3)cc2)c1. The highest BCUT2D eigenvalue weighted by Gasteiger charge is 2.48. The Bertz CT molecular complexity index is 994. The summed E-state index contributed by atoms with van der Waals surface area (Å²) >= 11 is 0. The molecule has 0 aliphatic heterocycles. The van der Waals surface area contributed by atoms with Gasteiger partial charge < -0.3 is 20.9 Å². The Morgan fingerprint density at radius 1 is 0.912 bits per heavy atom. The fraction of sp³-hybridized carbons (Fsp3) is 0.375. The molecule has 184 valence electrons. The Balaban J connectivity index is 1.50. The Hall–Kier alpha value is -3.30. The van der Waals surface area contributed by atoms with E-state index in [0.29, 0.717) is 22.5 Å². The molecule has 0 heterocycles. The number of hydrogen-bond donors (Lipinski definition) is 2. The Morgan fingerprint density at radius 3 is 2.03 bits per heavy atom. The lowest BCUT2D eigenvalue weighted by molar-refractivity contribution is -0.237. The maximum atomic E-state index is 14.5. The van der Waals surface area contributed by atoms with Gasteiger partial charge >= 0.3 is 18.3 Å². The lowest BCUT2D eigenvalue weighted by Crippen LogP contribution is -2.39. The molecule has 0 saturated heterocycles. The van der Waals surface area contributed by atoms with Crippen LogP contribution in [0.1, 0.15) is 36.8 Å². The first kappa shape index (κ1) is 25.3. The van der Waals surface area contributed by atoms with Crippen molar-refractivity contribution >= 4 is 23.4 Å². The molecule has 1 aliphatic rings. The lowest BCUT2D eigenvalue weighted by atomic mass is 9.81. The van der Waals surface area contributed by atoms with E-state index in [-0.39, 0.29) is 38.0 Å². The van der Waals surface area contributed by atoms with Crippen LogP contribution < -0.4 is 16.2 Å². The normalized spacial score (nSPS) is 19.2. The third-order valence-corrected chi connectivity index (χ3v) is 5.63. The molecule has 2 aromatic carbocycles. The highest BCUT2D eigenvalue weighted by atomic mass is 19.4. The summed E-state index contributed by atoms with van der Waals surface area (Å²) in [7, 11) is 0. The minimum absolute atomic E-state index is 0.0227. The van der Waals surface area contributed by atoms with E-state index in [1.165, 1.54) is 36.4 Å². The molecule has 0 atom stereocenters. The largest absolute Gasteiger partial charge is 0.458 e. The van der Waals surface area contributed by atoms with Crippen LogP contribution in [0.5, 0.6) is 5.75 Å². The van der Waals surface area contributed by atoms with Crippen LogP contribution >= 0.6 is 0 Å². The summed E-state index contributed by atoms with van der Waals surface area (Å²) in [6, 6.07) is 10.4. The topological polar surface area (TPSA) is 87.6 Å². The number of hydrogen-bond acceptors (Lipinski definition) is 5. The third kappa shape index (κ3) is 7.10. The molecule has 3 rings (SSSR count). The predicted octanol–water partition coefficient (Wildman–Crippen LogP) is 5.95. The smallest absolute Gasteiger partial charge is 0.400 e. The molecule has 4 N–H and O–H groups in total. The van der Waals surface area contributed by atoms with E-state index in [4.69, 9.17) is 20.9 Å². The number of esters is 1. The number of nitrogens with two attached hydrogens (primary N) is 2. The molecule has 0 radical (unpaired) electrons. The first-order chi connectivity index (χ1) is 15.9. The van der Waals surface area contributed by atoms with Gasteiger partial charge in [-0.15, -0.1) is 0 Å². The van der Waals surface area contributed by atoms with Crippen molar-refractivity contribution in [2.24, 2.45) is 11.8 Å². The summed E-state index contributed by atoms with van der Waals surface area (Å²) in [6.45, 7) is -0.0227. The van der Waals surface area contributed by atoms with Gasteiger partial charge in [0.25, 0.3) is 0 Å². The van der Waals surface area contributed by atoms with Gasteiger partial charge in [0.05, 0.1) is 11.8 Å². The Morgan fingerprint density at radius 2 is 1.47 bits per heavy atom. The number of rotatable bonds is 7. The molecule has 1 saturated carbocycles. The molecular formula is C24H25F5N2O3. The van der Waals surface area contributed by atoms with Gasteiger partial charge in [0.15, 0.2) is 0 Å². The monoisotopic (exact) mass is 484 g/mol. The van der Waals surface area contributed by atoms with Crippen LogP contribution in [-0.4, -0.2) is 18.3 Å². The fourth-order valence-electron chi connectivity index (χ4n) is 3.84. The van der Waals surface area contributed by atoms with Crippen molar-refractivity contribution in [3.05, 3.63) is 59.7 Å². The van der Waals surface area contributed by atoms with Crippen molar-refractivity contribution in [2.45, 2.75) is 44.6 Å². The average Bonchev–Trinajstić information content (AvgIpc) is 2.76. The number of carbonyl (C=O) groups excluding carboxylic acids is 1. The molecule has 0 aromatic heterocycles.